The first kappa shape index (κ1) is 15.5. The van der Waals surface area contributed by atoms with Gasteiger partial charge in [0.1, 0.15) is 0 Å². The average Bonchev–Trinajstić information content (AvgIpc) is 2.26. The molecular formula is C15H25ClN2. The third-order valence-electron chi connectivity index (χ3n) is 3.59. The third kappa shape index (κ3) is 4.27. The monoisotopic (exact) mass is 268 g/mol. The van der Waals surface area contributed by atoms with E-state index in [1.807, 2.05) is 18.2 Å². The summed E-state index contributed by atoms with van der Waals surface area (Å²) in [5, 5.41) is 0.785. The molecule has 0 fully saturated rings. The topological polar surface area (TPSA) is 29.3 Å². The van der Waals surface area contributed by atoms with E-state index in [-0.39, 0.29) is 11.5 Å². The molecule has 0 spiro atoms. The van der Waals surface area contributed by atoms with E-state index in [9.17, 15) is 0 Å². The summed E-state index contributed by atoms with van der Waals surface area (Å²) in [5.41, 5.74) is 7.58. The summed E-state index contributed by atoms with van der Waals surface area (Å²) in [6.07, 6.45) is 0. The molecule has 0 bridgehead atoms. The second kappa shape index (κ2) is 6.05. The van der Waals surface area contributed by atoms with Gasteiger partial charge >= 0.3 is 0 Å². The normalized spacial score (nSPS) is 15.8. The standard InChI is InChI=1S/C15H25ClN2/c1-11(12-7-6-8-13(16)9-12)18(5)10-14(17)15(2,3)4/h6-9,11,14H,10,17H2,1-5H3. The molecule has 0 saturated heterocycles. The van der Waals surface area contributed by atoms with Crippen LogP contribution in [-0.2, 0) is 0 Å². The van der Waals surface area contributed by atoms with Crippen LogP contribution in [0.5, 0.6) is 0 Å². The molecule has 3 heteroatoms. The number of hydrogen-bond donors (Lipinski definition) is 1. The largest absolute Gasteiger partial charge is 0.326 e. The SMILES string of the molecule is CC(c1cccc(Cl)c1)N(C)CC(N)C(C)(C)C. The minimum atomic E-state index is 0.127. The van der Waals surface area contributed by atoms with Crippen LogP contribution in [0.2, 0.25) is 5.02 Å². The Hall–Kier alpha value is -0.570. The highest BCUT2D eigenvalue weighted by atomic mass is 35.5. The summed E-state index contributed by atoms with van der Waals surface area (Å²) in [7, 11) is 2.11. The minimum Gasteiger partial charge on any atom is -0.326 e. The van der Waals surface area contributed by atoms with Gasteiger partial charge in [-0.05, 0) is 37.1 Å². The molecule has 1 aromatic carbocycles. The van der Waals surface area contributed by atoms with Crippen molar-refractivity contribution in [1.29, 1.82) is 0 Å². The molecule has 102 valence electrons. The Morgan fingerprint density at radius 1 is 1.33 bits per heavy atom. The highest BCUT2D eigenvalue weighted by molar-refractivity contribution is 6.30. The van der Waals surface area contributed by atoms with Gasteiger partial charge in [0, 0.05) is 23.7 Å². The molecule has 0 aromatic heterocycles. The number of nitrogens with zero attached hydrogens (tertiary/aromatic N) is 1. The number of likely N-dealkylation sites (N-methyl/N-ethyl adjacent to an activating group) is 1. The van der Waals surface area contributed by atoms with Gasteiger partial charge in [-0.25, -0.2) is 0 Å². The second-order valence-corrected chi connectivity index (χ2v) is 6.58. The van der Waals surface area contributed by atoms with Gasteiger partial charge in [0.25, 0.3) is 0 Å². The average molecular weight is 269 g/mol. The maximum Gasteiger partial charge on any atom is 0.0409 e. The van der Waals surface area contributed by atoms with Gasteiger partial charge < -0.3 is 5.73 Å². The maximum atomic E-state index is 6.23. The first-order valence-electron chi connectivity index (χ1n) is 6.43. The molecule has 0 saturated carbocycles. The Morgan fingerprint density at radius 2 is 1.94 bits per heavy atom. The van der Waals surface area contributed by atoms with E-state index < -0.39 is 0 Å². The molecule has 0 heterocycles. The quantitative estimate of drug-likeness (QED) is 0.902. The van der Waals surface area contributed by atoms with Crippen molar-refractivity contribution in [1.82, 2.24) is 4.90 Å². The Labute approximate surface area is 116 Å². The molecule has 0 aliphatic heterocycles. The van der Waals surface area contributed by atoms with Gasteiger partial charge in [-0.3, -0.25) is 4.90 Å². The lowest BCUT2D eigenvalue weighted by Gasteiger charge is -2.34. The van der Waals surface area contributed by atoms with Crippen molar-refractivity contribution in [3.05, 3.63) is 34.9 Å². The van der Waals surface area contributed by atoms with E-state index in [0.717, 1.165) is 11.6 Å². The predicted octanol–water partition coefficient (Wildman–Crippen LogP) is 3.71. The van der Waals surface area contributed by atoms with Gasteiger partial charge in [-0.1, -0.05) is 44.5 Å². The molecular weight excluding hydrogens is 244 g/mol. The van der Waals surface area contributed by atoms with Gasteiger partial charge in [0.2, 0.25) is 0 Å². The molecule has 1 aromatic rings. The van der Waals surface area contributed by atoms with Crippen LogP contribution in [0.1, 0.15) is 39.3 Å². The molecule has 18 heavy (non-hydrogen) atoms. The first-order chi connectivity index (χ1) is 8.21. The van der Waals surface area contributed by atoms with Gasteiger partial charge in [-0.2, -0.15) is 0 Å². The fraction of sp³-hybridized carbons (Fsp3) is 0.600. The van der Waals surface area contributed by atoms with Crippen molar-refractivity contribution in [2.45, 2.75) is 39.8 Å². The van der Waals surface area contributed by atoms with Crippen molar-refractivity contribution in [2.24, 2.45) is 11.1 Å². The lowest BCUT2D eigenvalue weighted by molar-refractivity contribution is 0.191. The van der Waals surface area contributed by atoms with Crippen LogP contribution in [0.15, 0.2) is 24.3 Å². The molecule has 2 unspecified atom stereocenters. The van der Waals surface area contributed by atoms with Crippen molar-refractivity contribution in [3.8, 4) is 0 Å². The highest BCUT2D eigenvalue weighted by Crippen LogP contribution is 2.24. The van der Waals surface area contributed by atoms with Crippen LogP contribution in [-0.4, -0.2) is 24.5 Å². The fourth-order valence-corrected chi connectivity index (χ4v) is 1.96. The molecule has 0 aliphatic carbocycles. The van der Waals surface area contributed by atoms with Crippen LogP contribution in [0.3, 0.4) is 0 Å². The lowest BCUT2D eigenvalue weighted by atomic mass is 9.87. The van der Waals surface area contributed by atoms with Crippen LogP contribution in [0, 0.1) is 5.41 Å². The number of benzene rings is 1. The molecule has 0 amide bonds. The van der Waals surface area contributed by atoms with E-state index in [0.29, 0.717) is 6.04 Å². The number of halogens is 1. The van der Waals surface area contributed by atoms with Gasteiger partial charge in [-0.15, -0.1) is 0 Å². The Kier molecular flexibility index (Phi) is 5.20. The maximum absolute atomic E-state index is 6.23. The van der Waals surface area contributed by atoms with Crippen molar-refractivity contribution < 1.29 is 0 Å². The van der Waals surface area contributed by atoms with Gasteiger partial charge in [0.15, 0.2) is 0 Å². The van der Waals surface area contributed by atoms with Crippen LogP contribution in [0.4, 0.5) is 0 Å². The Balaban J connectivity index is 2.70. The van der Waals surface area contributed by atoms with Crippen LogP contribution in [0.25, 0.3) is 0 Å². The zero-order chi connectivity index (χ0) is 13.9. The summed E-state index contributed by atoms with van der Waals surface area (Å²) in [4.78, 5) is 2.28. The van der Waals surface area contributed by atoms with E-state index in [1.54, 1.807) is 0 Å². The van der Waals surface area contributed by atoms with E-state index >= 15 is 0 Å². The third-order valence-corrected chi connectivity index (χ3v) is 3.82. The van der Waals surface area contributed by atoms with Crippen molar-refractivity contribution in [3.63, 3.8) is 0 Å². The summed E-state index contributed by atoms with van der Waals surface area (Å²) in [5.74, 6) is 0. The molecule has 1 rings (SSSR count). The van der Waals surface area contributed by atoms with Crippen molar-refractivity contribution in [2.75, 3.05) is 13.6 Å². The zero-order valence-electron chi connectivity index (χ0n) is 12.1. The Bertz CT molecular complexity index is 384. The molecule has 2 N–H and O–H groups in total. The summed E-state index contributed by atoms with van der Waals surface area (Å²) in [6.45, 7) is 9.58. The zero-order valence-corrected chi connectivity index (χ0v) is 12.8. The van der Waals surface area contributed by atoms with Crippen LogP contribution >= 0.6 is 11.6 Å². The van der Waals surface area contributed by atoms with E-state index in [4.69, 9.17) is 17.3 Å². The summed E-state index contributed by atoms with van der Waals surface area (Å²) in [6, 6.07) is 8.49. The second-order valence-electron chi connectivity index (χ2n) is 6.14. The summed E-state index contributed by atoms with van der Waals surface area (Å²) < 4.78 is 0. The minimum absolute atomic E-state index is 0.127. The molecule has 2 nitrogen and oxygen atoms in total. The van der Waals surface area contributed by atoms with E-state index in [2.05, 4.69) is 45.7 Å². The Morgan fingerprint density at radius 3 is 2.44 bits per heavy atom. The first-order valence-corrected chi connectivity index (χ1v) is 6.81. The molecule has 0 radical (unpaired) electrons. The van der Waals surface area contributed by atoms with Crippen LogP contribution < -0.4 is 5.73 Å². The predicted molar refractivity (Wildman–Crippen MR) is 79.9 cm³/mol. The van der Waals surface area contributed by atoms with Crippen molar-refractivity contribution >= 4 is 11.6 Å². The highest BCUT2D eigenvalue weighted by Gasteiger charge is 2.23. The van der Waals surface area contributed by atoms with Gasteiger partial charge in [0.05, 0.1) is 0 Å². The number of rotatable bonds is 4. The number of nitrogens with two attached hydrogens (primary N) is 1. The summed E-state index contributed by atoms with van der Waals surface area (Å²) >= 11 is 6.03. The molecule has 0 aliphatic rings. The fourth-order valence-electron chi connectivity index (χ4n) is 1.76. The molecule has 2 atom stereocenters. The number of hydrogen-bond acceptors (Lipinski definition) is 2. The smallest absolute Gasteiger partial charge is 0.0409 e. The lowest BCUT2D eigenvalue weighted by Crippen LogP contribution is -2.44. The van der Waals surface area contributed by atoms with E-state index in [1.165, 1.54) is 5.56 Å².